The fraction of sp³-hybridized carbons (Fsp3) is 0.188. The van der Waals surface area contributed by atoms with Gasteiger partial charge in [0.1, 0.15) is 15.9 Å². The van der Waals surface area contributed by atoms with Crippen LogP contribution in [-0.4, -0.2) is 41.0 Å². The second-order valence-electron chi connectivity index (χ2n) is 5.57. The highest BCUT2D eigenvalue weighted by Gasteiger charge is 2.26. The molecule has 1 amide bonds. The lowest BCUT2D eigenvalue weighted by atomic mass is 10.2. The number of aryl methyl sites for hydroxylation is 1. The number of hydrogen-bond donors (Lipinski definition) is 1. The van der Waals surface area contributed by atoms with Crippen LogP contribution in [-0.2, 0) is 14.8 Å². The highest BCUT2D eigenvalue weighted by molar-refractivity contribution is 7.89. The van der Waals surface area contributed by atoms with Gasteiger partial charge in [0.2, 0.25) is 15.9 Å². The Morgan fingerprint density at radius 3 is 2.72 bits per heavy atom. The van der Waals surface area contributed by atoms with Gasteiger partial charge in [-0.1, -0.05) is 18.2 Å². The van der Waals surface area contributed by atoms with Gasteiger partial charge in [0.25, 0.3) is 0 Å². The van der Waals surface area contributed by atoms with Gasteiger partial charge >= 0.3 is 0 Å². The van der Waals surface area contributed by atoms with Gasteiger partial charge in [-0.25, -0.2) is 8.42 Å². The zero-order valence-electron chi connectivity index (χ0n) is 13.6. The summed E-state index contributed by atoms with van der Waals surface area (Å²) < 4.78 is 34.6. The van der Waals surface area contributed by atoms with E-state index in [1.807, 2.05) is 25.1 Å². The molecule has 0 radical (unpaired) electrons. The number of benzene rings is 2. The summed E-state index contributed by atoms with van der Waals surface area (Å²) in [4.78, 5) is 12.2. The highest BCUT2D eigenvalue weighted by Crippen LogP contribution is 2.23. The van der Waals surface area contributed by atoms with Crippen LogP contribution in [0.2, 0.25) is 0 Å². The molecule has 0 aliphatic carbocycles. The summed E-state index contributed by atoms with van der Waals surface area (Å²) in [6.07, 6.45) is 0. The number of aromatic nitrogens is 2. The number of anilines is 1. The molecule has 0 atom stereocenters. The molecule has 1 heterocycles. The summed E-state index contributed by atoms with van der Waals surface area (Å²) in [6.45, 7) is 1.61. The zero-order chi connectivity index (χ0) is 18.0. The van der Waals surface area contributed by atoms with E-state index in [9.17, 15) is 13.2 Å². The first-order chi connectivity index (χ1) is 11.9. The molecule has 0 unspecified atom stereocenters. The molecule has 9 heteroatoms. The van der Waals surface area contributed by atoms with Crippen molar-refractivity contribution < 1.29 is 13.2 Å². The van der Waals surface area contributed by atoms with Gasteiger partial charge in [0.05, 0.1) is 18.3 Å². The third kappa shape index (κ3) is 3.68. The maximum Gasteiger partial charge on any atom is 0.245 e. The predicted octanol–water partition coefficient (Wildman–Crippen LogP) is 2.26. The minimum absolute atomic E-state index is 0.0459. The summed E-state index contributed by atoms with van der Waals surface area (Å²) in [7, 11) is -2.49. The van der Waals surface area contributed by atoms with Crippen molar-refractivity contribution in [1.82, 2.24) is 13.1 Å². The average Bonchev–Trinajstić information content (AvgIpc) is 3.02. The lowest BCUT2D eigenvalue weighted by molar-refractivity contribution is -0.116. The summed E-state index contributed by atoms with van der Waals surface area (Å²) in [5.74, 6) is -0.416. The van der Waals surface area contributed by atoms with E-state index in [1.165, 1.54) is 13.1 Å². The molecule has 7 nitrogen and oxygen atoms in total. The van der Waals surface area contributed by atoms with E-state index in [1.54, 1.807) is 18.2 Å². The van der Waals surface area contributed by atoms with Crippen molar-refractivity contribution in [3.8, 4) is 0 Å². The quantitative estimate of drug-likeness (QED) is 0.737. The van der Waals surface area contributed by atoms with E-state index in [2.05, 4.69) is 14.1 Å². The van der Waals surface area contributed by atoms with E-state index in [0.29, 0.717) is 16.7 Å². The minimum Gasteiger partial charge on any atom is -0.325 e. The molecular formula is C16H16N4O3S2. The number of nitrogens with one attached hydrogen (secondary N) is 1. The highest BCUT2D eigenvalue weighted by atomic mass is 32.2. The number of likely N-dealkylation sites (N-methyl/N-ethyl adjacent to an activating group) is 1. The van der Waals surface area contributed by atoms with Crippen molar-refractivity contribution in [3.05, 3.63) is 48.0 Å². The predicted molar refractivity (Wildman–Crippen MR) is 97.0 cm³/mol. The number of fused-ring (bicyclic) bond motifs is 1. The number of hydrogen-bond acceptors (Lipinski definition) is 6. The van der Waals surface area contributed by atoms with Gasteiger partial charge in [-0.15, -0.1) is 0 Å². The normalized spacial score (nSPS) is 11.8. The first kappa shape index (κ1) is 17.5. The first-order valence-corrected chi connectivity index (χ1v) is 9.59. The molecule has 1 N–H and O–H groups in total. The summed E-state index contributed by atoms with van der Waals surface area (Å²) in [5, 5.41) is 2.70. The first-order valence-electron chi connectivity index (χ1n) is 7.42. The van der Waals surface area contributed by atoms with Crippen LogP contribution >= 0.6 is 11.7 Å². The number of carbonyl (C=O) groups excluding carboxylic acids is 1. The lowest BCUT2D eigenvalue weighted by Crippen LogP contribution is -2.35. The molecule has 0 fully saturated rings. The topological polar surface area (TPSA) is 92.3 Å². The van der Waals surface area contributed by atoms with E-state index in [-0.39, 0.29) is 11.4 Å². The van der Waals surface area contributed by atoms with Gasteiger partial charge in [0.15, 0.2) is 0 Å². The second kappa shape index (κ2) is 6.87. The molecule has 0 bridgehead atoms. The van der Waals surface area contributed by atoms with Crippen LogP contribution in [0.3, 0.4) is 0 Å². The van der Waals surface area contributed by atoms with Crippen LogP contribution in [0.4, 0.5) is 5.69 Å². The van der Waals surface area contributed by atoms with Crippen molar-refractivity contribution in [3.63, 3.8) is 0 Å². The van der Waals surface area contributed by atoms with Crippen molar-refractivity contribution in [2.45, 2.75) is 11.8 Å². The Morgan fingerprint density at radius 2 is 1.96 bits per heavy atom. The number of amides is 1. The molecule has 0 spiro atoms. The molecule has 130 valence electrons. The van der Waals surface area contributed by atoms with E-state index >= 15 is 0 Å². The lowest BCUT2D eigenvalue weighted by Gasteiger charge is -2.17. The summed E-state index contributed by atoms with van der Waals surface area (Å²) in [6, 6.07) is 12.1. The molecule has 0 saturated heterocycles. The van der Waals surface area contributed by atoms with Crippen LogP contribution in [0.5, 0.6) is 0 Å². The molecule has 3 aromatic rings. The number of rotatable bonds is 5. The molecule has 0 aliphatic heterocycles. The van der Waals surface area contributed by atoms with Crippen LogP contribution in [0.25, 0.3) is 11.0 Å². The SMILES string of the molecule is Cc1cccc(NC(=O)CN(C)S(=O)(=O)c2cccc3nsnc23)c1. The van der Waals surface area contributed by atoms with Crippen molar-refractivity contribution in [1.29, 1.82) is 0 Å². The Hall–Kier alpha value is -2.36. The van der Waals surface area contributed by atoms with Gasteiger partial charge in [0, 0.05) is 12.7 Å². The maximum atomic E-state index is 12.8. The van der Waals surface area contributed by atoms with Gasteiger partial charge in [-0.05, 0) is 36.8 Å². The third-order valence-electron chi connectivity index (χ3n) is 3.61. The van der Waals surface area contributed by atoms with Crippen LogP contribution in [0.15, 0.2) is 47.4 Å². The molecule has 1 aromatic heterocycles. The van der Waals surface area contributed by atoms with Crippen molar-refractivity contribution >= 4 is 44.4 Å². The molecule has 25 heavy (non-hydrogen) atoms. The Labute approximate surface area is 149 Å². The summed E-state index contributed by atoms with van der Waals surface area (Å²) >= 11 is 0.950. The average molecular weight is 376 g/mol. The summed E-state index contributed by atoms with van der Waals surface area (Å²) in [5.41, 5.74) is 2.46. The largest absolute Gasteiger partial charge is 0.325 e. The van der Waals surface area contributed by atoms with Gasteiger partial charge < -0.3 is 5.32 Å². The Bertz CT molecular complexity index is 1030. The van der Waals surface area contributed by atoms with Crippen LogP contribution in [0.1, 0.15) is 5.56 Å². The van der Waals surface area contributed by atoms with Crippen LogP contribution < -0.4 is 5.32 Å². The third-order valence-corrected chi connectivity index (χ3v) is 5.98. The fourth-order valence-electron chi connectivity index (χ4n) is 2.37. The molecule has 2 aromatic carbocycles. The fourth-order valence-corrected chi connectivity index (χ4v) is 4.24. The van der Waals surface area contributed by atoms with Gasteiger partial charge in [-0.2, -0.15) is 13.1 Å². The van der Waals surface area contributed by atoms with E-state index in [0.717, 1.165) is 21.6 Å². The molecular weight excluding hydrogens is 360 g/mol. The van der Waals surface area contributed by atoms with Crippen molar-refractivity contribution in [2.24, 2.45) is 0 Å². The minimum atomic E-state index is -3.85. The van der Waals surface area contributed by atoms with Gasteiger partial charge in [-0.3, -0.25) is 4.79 Å². The molecule has 0 aliphatic rings. The second-order valence-corrected chi connectivity index (χ2v) is 8.11. The zero-order valence-corrected chi connectivity index (χ0v) is 15.3. The van der Waals surface area contributed by atoms with Crippen LogP contribution in [0, 0.1) is 6.92 Å². The van der Waals surface area contributed by atoms with E-state index < -0.39 is 15.9 Å². The monoisotopic (exact) mass is 376 g/mol. The molecule has 0 saturated carbocycles. The maximum absolute atomic E-state index is 12.8. The number of sulfonamides is 1. The standard InChI is InChI=1S/C16H16N4O3S2/c1-11-5-3-6-12(9-11)17-15(21)10-20(2)25(22,23)14-8-4-7-13-16(14)19-24-18-13/h3-9H,10H2,1-2H3,(H,17,21). The van der Waals surface area contributed by atoms with Crippen molar-refractivity contribution in [2.75, 3.05) is 18.9 Å². The Balaban J connectivity index is 1.79. The smallest absolute Gasteiger partial charge is 0.245 e. The molecule has 3 rings (SSSR count). The number of carbonyl (C=O) groups is 1. The van der Waals surface area contributed by atoms with E-state index in [4.69, 9.17) is 0 Å². The number of nitrogens with zero attached hydrogens (tertiary/aromatic N) is 3. The Morgan fingerprint density at radius 1 is 1.20 bits per heavy atom. The Kier molecular flexibility index (Phi) is 4.80.